The van der Waals surface area contributed by atoms with E-state index in [-0.39, 0.29) is 11.9 Å². The van der Waals surface area contributed by atoms with E-state index in [0.717, 1.165) is 35.4 Å². The number of benzene rings is 1. The predicted octanol–water partition coefficient (Wildman–Crippen LogP) is 3.87. The Balaban J connectivity index is 1.79. The van der Waals surface area contributed by atoms with Gasteiger partial charge < -0.3 is 9.80 Å². The van der Waals surface area contributed by atoms with Crippen LogP contribution < -0.4 is 4.90 Å². The predicted molar refractivity (Wildman–Crippen MR) is 113 cm³/mol. The van der Waals surface area contributed by atoms with Crippen molar-refractivity contribution in [2.24, 2.45) is 0 Å². The average Bonchev–Trinajstić information content (AvgIpc) is 3.36. The number of aromatic nitrogens is 4. The van der Waals surface area contributed by atoms with Crippen molar-refractivity contribution in [3.05, 3.63) is 58.6 Å². The Hall–Kier alpha value is -2.93. The standard InChI is InChI=1S/C21H23ClN6O/c1-13-16(12-24-26-13)20(29)28-10-4-5-18(28)19-17(11-23-21(25-19)27(2)3)14-6-8-15(22)9-7-14/h6-9,11-12,18H,4-5,10H2,1-3H3,(H,24,26)/t18-/m0/s1. The van der Waals surface area contributed by atoms with Crippen molar-refractivity contribution in [2.45, 2.75) is 25.8 Å². The summed E-state index contributed by atoms with van der Waals surface area (Å²) in [7, 11) is 3.82. The number of hydrogen-bond acceptors (Lipinski definition) is 5. The topological polar surface area (TPSA) is 78.0 Å². The second-order valence-corrected chi connectivity index (χ2v) is 7.87. The minimum Gasteiger partial charge on any atom is -0.347 e. The Morgan fingerprint density at radius 3 is 2.66 bits per heavy atom. The number of carbonyl (C=O) groups is 1. The number of nitrogens with one attached hydrogen (secondary N) is 1. The number of aromatic amines is 1. The molecule has 1 N–H and O–H groups in total. The maximum Gasteiger partial charge on any atom is 0.257 e. The molecule has 0 saturated carbocycles. The maximum atomic E-state index is 13.2. The van der Waals surface area contributed by atoms with Crippen LogP contribution in [0.25, 0.3) is 11.1 Å². The summed E-state index contributed by atoms with van der Waals surface area (Å²) in [6, 6.07) is 7.51. The first-order valence-corrected chi connectivity index (χ1v) is 9.94. The van der Waals surface area contributed by atoms with Crippen LogP contribution in [0.2, 0.25) is 5.02 Å². The number of hydrogen-bond donors (Lipinski definition) is 1. The third-order valence-corrected chi connectivity index (χ3v) is 5.50. The van der Waals surface area contributed by atoms with Crippen LogP contribution in [0.5, 0.6) is 0 Å². The lowest BCUT2D eigenvalue weighted by Crippen LogP contribution is -2.32. The van der Waals surface area contributed by atoms with Gasteiger partial charge in [0.05, 0.1) is 23.5 Å². The zero-order chi connectivity index (χ0) is 20.5. The molecule has 0 spiro atoms. The van der Waals surface area contributed by atoms with Crippen LogP contribution in [0.1, 0.15) is 40.6 Å². The van der Waals surface area contributed by atoms with Crippen molar-refractivity contribution in [1.29, 1.82) is 0 Å². The van der Waals surface area contributed by atoms with Crippen molar-refractivity contribution in [3.63, 3.8) is 0 Å². The molecule has 0 aliphatic carbocycles. The first kappa shape index (κ1) is 19.4. The van der Waals surface area contributed by atoms with E-state index in [1.807, 2.05) is 61.3 Å². The van der Waals surface area contributed by atoms with Gasteiger partial charge in [0.1, 0.15) is 0 Å². The molecule has 7 nitrogen and oxygen atoms in total. The average molecular weight is 411 g/mol. The molecule has 1 aromatic carbocycles. The molecule has 1 aliphatic rings. The highest BCUT2D eigenvalue weighted by atomic mass is 35.5. The molecule has 1 atom stereocenters. The summed E-state index contributed by atoms with van der Waals surface area (Å²) < 4.78 is 0. The molecule has 1 amide bonds. The van der Waals surface area contributed by atoms with Gasteiger partial charge in [-0.3, -0.25) is 9.89 Å². The Morgan fingerprint density at radius 2 is 2.00 bits per heavy atom. The molecule has 0 bridgehead atoms. The molecule has 8 heteroatoms. The van der Waals surface area contributed by atoms with Gasteiger partial charge in [0.2, 0.25) is 5.95 Å². The van der Waals surface area contributed by atoms with E-state index >= 15 is 0 Å². The quantitative estimate of drug-likeness (QED) is 0.706. The number of rotatable bonds is 4. The summed E-state index contributed by atoms with van der Waals surface area (Å²) in [6.07, 6.45) is 5.21. The fraction of sp³-hybridized carbons (Fsp3) is 0.333. The Morgan fingerprint density at radius 1 is 1.24 bits per heavy atom. The van der Waals surface area contributed by atoms with Crippen molar-refractivity contribution in [3.8, 4) is 11.1 Å². The number of nitrogens with zero attached hydrogens (tertiary/aromatic N) is 5. The van der Waals surface area contributed by atoms with Crippen LogP contribution >= 0.6 is 11.6 Å². The third kappa shape index (κ3) is 3.70. The van der Waals surface area contributed by atoms with E-state index < -0.39 is 0 Å². The molecular formula is C21H23ClN6O. The minimum absolute atomic E-state index is 0.0224. The monoisotopic (exact) mass is 410 g/mol. The molecule has 2 aromatic heterocycles. The highest BCUT2D eigenvalue weighted by Crippen LogP contribution is 2.38. The molecular weight excluding hydrogens is 388 g/mol. The fourth-order valence-corrected chi connectivity index (χ4v) is 3.85. The molecule has 1 fully saturated rings. The fourth-order valence-electron chi connectivity index (χ4n) is 3.72. The molecule has 3 aromatic rings. The summed E-state index contributed by atoms with van der Waals surface area (Å²) >= 11 is 6.07. The van der Waals surface area contributed by atoms with Gasteiger partial charge in [-0.25, -0.2) is 9.97 Å². The lowest BCUT2D eigenvalue weighted by Gasteiger charge is -2.26. The zero-order valence-corrected chi connectivity index (χ0v) is 17.4. The number of aryl methyl sites for hydroxylation is 1. The number of amides is 1. The van der Waals surface area contributed by atoms with E-state index in [4.69, 9.17) is 16.6 Å². The van der Waals surface area contributed by atoms with Gasteiger partial charge in [0, 0.05) is 43.1 Å². The molecule has 29 heavy (non-hydrogen) atoms. The molecule has 0 radical (unpaired) electrons. The van der Waals surface area contributed by atoms with Gasteiger partial charge >= 0.3 is 0 Å². The van der Waals surface area contributed by atoms with Crippen LogP contribution in [-0.4, -0.2) is 51.6 Å². The van der Waals surface area contributed by atoms with Gasteiger partial charge in [0.15, 0.2) is 0 Å². The number of halogens is 1. The van der Waals surface area contributed by atoms with Gasteiger partial charge in [-0.15, -0.1) is 0 Å². The van der Waals surface area contributed by atoms with Crippen LogP contribution in [0.15, 0.2) is 36.7 Å². The Bertz CT molecular complexity index is 1030. The van der Waals surface area contributed by atoms with Crippen molar-refractivity contribution in [1.82, 2.24) is 25.1 Å². The molecule has 4 rings (SSSR count). The molecule has 150 valence electrons. The van der Waals surface area contributed by atoms with E-state index in [1.54, 1.807) is 6.20 Å². The number of likely N-dealkylation sites (tertiary alicyclic amines) is 1. The first-order chi connectivity index (χ1) is 14.0. The van der Waals surface area contributed by atoms with Crippen LogP contribution in [0.3, 0.4) is 0 Å². The van der Waals surface area contributed by atoms with Crippen molar-refractivity contribution < 1.29 is 4.79 Å². The molecule has 1 aliphatic heterocycles. The summed E-state index contributed by atoms with van der Waals surface area (Å²) in [5.41, 5.74) is 4.13. The highest BCUT2D eigenvalue weighted by Gasteiger charge is 2.34. The SMILES string of the molecule is Cc1[nH]ncc1C(=O)N1CCC[C@H]1c1nc(N(C)C)ncc1-c1ccc(Cl)cc1. The Kier molecular flexibility index (Phi) is 5.24. The minimum atomic E-state index is -0.121. The van der Waals surface area contributed by atoms with Crippen molar-refractivity contribution in [2.75, 3.05) is 25.5 Å². The lowest BCUT2D eigenvalue weighted by molar-refractivity contribution is 0.0732. The summed E-state index contributed by atoms with van der Waals surface area (Å²) in [5.74, 6) is 0.599. The highest BCUT2D eigenvalue weighted by molar-refractivity contribution is 6.30. The summed E-state index contributed by atoms with van der Waals surface area (Å²) in [6.45, 7) is 2.55. The van der Waals surface area contributed by atoms with Crippen molar-refractivity contribution >= 4 is 23.5 Å². The Labute approximate surface area is 174 Å². The normalized spacial score (nSPS) is 16.3. The first-order valence-electron chi connectivity index (χ1n) is 9.57. The van der Waals surface area contributed by atoms with Crippen LogP contribution in [-0.2, 0) is 0 Å². The molecule has 3 heterocycles. The smallest absolute Gasteiger partial charge is 0.257 e. The van der Waals surface area contributed by atoms with E-state index in [9.17, 15) is 4.79 Å². The van der Waals surface area contributed by atoms with Gasteiger partial charge in [-0.05, 0) is 37.5 Å². The van der Waals surface area contributed by atoms with Gasteiger partial charge in [0.25, 0.3) is 5.91 Å². The van der Waals surface area contributed by atoms with Gasteiger partial charge in [-0.1, -0.05) is 23.7 Å². The van der Waals surface area contributed by atoms with Crippen LogP contribution in [0, 0.1) is 6.92 Å². The summed E-state index contributed by atoms with van der Waals surface area (Å²) in [5, 5.41) is 7.53. The second-order valence-electron chi connectivity index (χ2n) is 7.44. The second kappa shape index (κ2) is 7.83. The lowest BCUT2D eigenvalue weighted by atomic mass is 9.99. The van der Waals surface area contributed by atoms with Gasteiger partial charge in [-0.2, -0.15) is 5.10 Å². The maximum absolute atomic E-state index is 13.2. The van der Waals surface area contributed by atoms with E-state index in [1.165, 1.54) is 0 Å². The third-order valence-electron chi connectivity index (χ3n) is 5.25. The summed E-state index contributed by atoms with van der Waals surface area (Å²) in [4.78, 5) is 26.4. The number of carbonyl (C=O) groups excluding carboxylic acids is 1. The molecule has 0 unspecified atom stereocenters. The van der Waals surface area contributed by atoms with Crippen LogP contribution in [0.4, 0.5) is 5.95 Å². The number of H-pyrrole nitrogens is 1. The molecule has 1 saturated heterocycles. The zero-order valence-electron chi connectivity index (χ0n) is 16.7. The van der Waals surface area contributed by atoms with E-state index in [2.05, 4.69) is 15.2 Å². The largest absolute Gasteiger partial charge is 0.347 e. The number of anilines is 1. The van der Waals surface area contributed by atoms with E-state index in [0.29, 0.717) is 23.1 Å².